The maximum Gasteiger partial charge on any atom is 0.326 e. The van der Waals surface area contributed by atoms with Gasteiger partial charge in [0.15, 0.2) is 5.75 Å². The second kappa shape index (κ2) is 7.96. The SMILES string of the molecule is CC[C@H](NC(=O)c1c(O)c2cc(Cl)cn2n(Cc2ccc(F)cc2)c1=O)C(=O)O. The molecule has 0 aliphatic rings. The smallest absolute Gasteiger partial charge is 0.326 e. The first-order valence-corrected chi connectivity index (χ1v) is 9.02. The van der Waals surface area contributed by atoms with Gasteiger partial charge in [-0.1, -0.05) is 30.7 Å². The van der Waals surface area contributed by atoms with E-state index in [4.69, 9.17) is 16.7 Å². The molecule has 0 fully saturated rings. The van der Waals surface area contributed by atoms with Crippen LogP contribution in [0.5, 0.6) is 5.75 Å². The lowest BCUT2D eigenvalue weighted by molar-refractivity contribution is -0.139. The van der Waals surface area contributed by atoms with Crippen molar-refractivity contribution in [2.24, 2.45) is 0 Å². The number of aliphatic carboxylic acids is 1. The van der Waals surface area contributed by atoms with E-state index in [9.17, 15) is 23.9 Å². The average molecular weight is 422 g/mol. The molecule has 3 aromatic rings. The summed E-state index contributed by atoms with van der Waals surface area (Å²) in [5.41, 5.74) is -0.808. The van der Waals surface area contributed by atoms with Crippen LogP contribution in [0.25, 0.3) is 5.52 Å². The van der Waals surface area contributed by atoms with E-state index in [-0.39, 0.29) is 23.5 Å². The van der Waals surface area contributed by atoms with E-state index in [1.165, 1.54) is 41.0 Å². The molecule has 3 N–H and O–H groups in total. The van der Waals surface area contributed by atoms with Gasteiger partial charge in [-0.15, -0.1) is 0 Å². The molecule has 0 spiro atoms. The molecule has 0 radical (unpaired) electrons. The molecule has 2 heterocycles. The Morgan fingerprint density at radius 1 is 1.28 bits per heavy atom. The number of rotatable bonds is 6. The first kappa shape index (κ1) is 20.4. The monoisotopic (exact) mass is 421 g/mol. The Bertz CT molecular complexity index is 1150. The van der Waals surface area contributed by atoms with E-state index in [0.29, 0.717) is 5.56 Å². The van der Waals surface area contributed by atoms with Crippen LogP contribution in [0, 0.1) is 5.82 Å². The third kappa shape index (κ3) is 3.95. The molecule has 0 unspecified atom stereocenters. The Morgan fingerprint density at radius 2 is 1.93 bits per heavy atom. The van der Waals surface area contributed by atoms with Crippen LogP contribution >= 0.6 is 11.6 Å². The van der Waals surface area contributed by atoms with E-state index >= 15 is 0 Å². The molecule has 2 aromatic heterocycles. The number of nitrogens with zero attached hydrogens (tertiary/aromatic N) is 2. The number of hydrogen-bond donors (Lipinski definition) is 3. The summed E-state index contributed by atoms with van der Waals surface area (Å²) in [6.45, 7) is 1.51. The van der Waals surface area contributed by atoms with Crippen LogP contribution in [-0.2, 0) is 11.3 Å². The van der Waals surface area contributed by atoms with Crippen LogP contribution in [0.15, 0.2) is 41.3 Å². The topological polar surface area (TPSA) is 113 Å². The Balaban J connectivity index is 2.15. The lowest BCUT2D eigenvalue weighted by atomic mass is 10.1. The van der Waals surface area contributed by atoms with Gasteiger partial charge in [-0.05, 0) is 30.2 Å². The summed E-state index contributed by atoms with van der Waals surface area (Å²) < 4.78 is 15.6. The molecule has 1 atom stereocenters. The first-order valence-electron chi connectivity index (χ1n) is 8.64. The van der Waals surface area contributed by atoms with E-state index in [1.807, 2.05) is 0 Å². The molecule has 3 rings (SSSR count). The normalized spacial score (nSPS) is 12.1. The van der Waals surface area contributed by atoms with Crippen LogP contribution in [0.3, 0.4) is 0 Å². The number of aromatic hydroxyl groups is 1. The maximum absolute atomic E-state index is 13.2. The van der Waals surface area contributed by atoms with Crippen LogP contribution in [0.2, 0.25) is 5.02 Å². The van der Waals surface area contributed by atoms with Crippen molar-refractivity contribution in [2.75, 3.05) is 0 Å². The Labute approximate surface area is 168 Å². The predicted molar refractivity (Wildman–Crippen MR) is 103 cm³/mol. The summed E-state index contributed by atoms with van der Waals surface area (Å²) in [5, 5.41) is 22.1. The second-order valence-corrected chi connectivity index (χ2v) is 6.81. The van der Waals surface area contributed by atoms with Crippen LogP contribution < -0.4 is 10.9 Å². The van der Waals surface area contributed by atoms with Crippen molar-refractivity contribution < 1.29 is 24.2 Å². The fourth-order valence-corrected chi connectivity index (χ4v) is 3.13. The van der Waals surface area contributed by atoms with E-state index < -0.39 is 40.6 Å². The molecule has 1 amide bonds. The lowest BCUT2D eigenvalue weighted by Gasteiger charge is -2.16. The number of amides is 1. The van der Waals surface area contributed by atoms with E-state index in [0.717, 1.165) is 4.68 Å². The highest BCUT2D eigenvalue weighted by atomic mass is 35.5. The number of carbonyl (C=O) groups excluding carboxylic acids is 1. The number of benzene rings is 1. The van der Waals surface area contributed by atoms with Crippen molar-refractivity contribution in [2.45, 2.75) is 25.9 Å². The van der Waals surface area contributed by atoms with Crippen LogP contribution in [-0.4, -0.2) is 37.3 Å². The molecular weight excluding hydrogens is 405 g/mol. The summed E-state index contributed by atoms with van der Waals surface area (Å²) in [7, 11) is 0. The highest BCUT2D eigenvalue weighted by molar-refractivity contribution is 6.31. The van der Waals surface area contributed by atoms with E-state index in [2.05, 4.69) is 5.32 Å². The maximum atomic E-state index is 13.2. The standard InChI is InChI=1S/C19H17ClFN3O5/c1-2-13(19(28)29)22-17(26)15-16(25)14-7-11(20)9-23(14)24(18(15)27)8-10-3-5-12(21)6-4-10/h3-7,9,13,25H,2,8H2,1H3,(H,22,26)(H,28,29)/t13-/m0/s1. The molecule has 8 nitrogen and oxygen atoms in total. The number of halogens is 2. The van der Waals surface area contributed by atoms with Crippen molar-refractivity contribution in [3.8, 4) is 5.75 Å². The first-order chi connectivity index (χ1) is 13.7. The quantitative estimate of drug-likeness (QED) is 0.565. The molecule has 29 heavy (non-hydrogen) atoms. The third-order valence-electron chi connectivity index (χ3n) is 4.44. The van der Waals surface area contributed by atoms with Crippen molar-refractivity contribution in [3.05, 3.63) is 68.8 Å². The number of fused-ring (bicyclic) bond motifs is 1. The minimum absolute atomic E-state index is 0.0443. The van der Waals surface area contributed by atoms with Crippen LogP contribution in [0.4, 0.5) is 4.39 Å². The fourth-order valence-electron chi connectivity index (χ4n) is 2.94. The number of carboxylic acids is 1. The van der Waals surface area contributed by atoms with Gasteiger partial charge in [-0.2, -0.15) is 0 Å². The largest absolute Gasteiger partial charge is 0.505 e. The minimum atomic E-state index is -1.27. The Kier molecular flexibility index (Phi) is 5.60. The van der Waals surface area contributed by atoms with Gasteiger partial charge in [-0.25, -0.2) is 13.9 Å². The van der Waals surface area contributed by atoms with Gasteiger partial charge in [0.25, 0.3) is 11.5 Å². The highest BCUT2D eigenvalue weighted by Gasteiger charge is 2.26. The van der Waals surface area contributed by atoms with Gasteiger partial charge in [0.1, 0.15) is 22.9 Å². The summed E-state index contributed by atoms with van der Waals surface area (Å²) >= 11 is 6.01. The highest BCUT2D eigenvalue weighted by Crippen LogP contribution is 2.26. The lowest BCUT2D eigenvalue weighted by Crippen LogP contribution is -2.43. The molecular formula is C19H17ClFN3O5. The Morgan fingerprint density at radius 3 is 2.52 bits per heavy atom. The van der Waals surface area contributed by atoms with E-state index in [1.54, 1.807) is 6.92 Å². The van der Waals surface area contributed by atoms with Gasteiger partial charge < -0.3 is 15.5 Å². The molecule has 0 saturated heterocycles. The molecule has 0 bridgehead atoms. The Hall–Kier alpha value is -3.33. The molecule has 0 aliphatic heterocycles. The minimum Gasteiger partial charge on any atom is -0.505 e. The molecule has 152 valence electrons. The van der Waals surface area contributed by atoms with Crippen LogP contribution in [0.1, 0.15) is 29.3 Å². The number of aromatic nitrogens is 2. The zero-order chi connectivity index (χ0) is 21.3. The number of carbonyl (C=O) groups is 2. The van der Waals surface area contributed by atoms with Gasteiger partial charge in [0.05, 0.1) is 11.6 Å². The van der Waals surface area contributed by atoms with Gasteiger partial charge in [-0.3, -0.25) is 14.1 Å². The van der Waals surface area contributed by atoms with Gasteiger partial charge in [0.2, 0.25) is 0 Å². The summed E-state index contributed by atoms with van der Waals surface area (Å²) in [6.07, 6.45) is 1.47. The number of carboxylic acid groups (broad SMARTS) is 1. The predicted octanol–water partition coefficient (Wildman–Crippen LogP) is 2.24. The average Bonchev–Trinajstić information content (AvgIpc) is 3.06. The second-order valence-electron chi connectivity index (χ2n) is 6.37. The van der Waals surface area contributed by atoms with Crippen molar-refractivity contribution in [3.63, 3.8) is 0 Å². The van der Waals surface area contributed by atoms with Crippen molar-refractivity contribution in [1.82, 2.24) is 14.5 Å². The number of hydrogen-bond acceptors (Lipinski definition) is 4. The fraction of sp³-hybridized carbons (Fsp3) is 0.211. The molecule has 1 aromatic carbocycles. The zero-order valence-corrected chi connectivity index (χ0v) is 16.0. The summed E-state index contributed by atoms with van der Waals surface area (Å²) in [5.74, 6) is -3.34. The zero-order valence-electron chi connectivity index (χ0n) is 15.2. The van der Waals surface area contributed by atoms with Gasteiger partial charge >= 0.3 is 5.97 Å². The molecule has 0 aliphatic carbocycles. The summed E-state index contributed by atoms with van der Waals surface area (Å²) in [4.78, 5) is 36.8. The molecule has 10 heteroatoms. The van der Waals surface area contributed by atoms with Crippen molar-refractivity contribution >= 4 is 29.0 Å². The van der Waals surface area contributed by atoms with Gasteiger partial charge in [0, 0.05) is 6.20 Å². The summed E-state index contributed by atoms with van der Waals surface area (Å²) in [6, 6.07) is 5.55. The third-order valence-corrected chi connectivity index (χ3v) is 4.65. The number of nitrogens with one attached hydrogen (secondary N) is 1. The molecule has 0 saturated carbocycles. The van der Waals surface area contributed by atoms with Crippen molar-refractivity contribution in [1.29, 1.82) is 0 Å².